The van der Waals surface area contributed by atoms with Gasteiger partial charge in [-0.1, -0.05) is 29.3 Å². The molecule has 0 saturated carbocycles. The lowest BCUT2D eigenvalue weighted by Crippen LogP contribution is -1.84. The van der Waals surface area contributed by atoms with Crippen LogP contribution < -0.4 is 5.73 Å². The highest BCUT2D eigenvalue weighted by atomic mass is 79.9. The van der Waals surface area contributed by atoms with Gasteiger partial charge < -0.3 is 5.73 Å². The lowest BCUT2D eigenvalue weighted by molar-refractivity contribution is 1.68. The van der Waals surface area contributed by atoms with E-state index in [1.807, 2.05) is 0 Å². The average Bonchev–Trinajstić information content (AvgIpc) is 1.83. The Morgan fingerprint density at radius 1 is 1.20 bits per heavy atom. The van der Waals surface area contributed by atoms with Crippen LogP contribution in [0.3, 0.4) is 0 Å². The molecule has 0 bridgehead atoms. The van der Waals surface area contributed by atoms with Gasteiger partial charge in [-0.3, -0.25) is 0 Å². The zero-order chi connectivity index (χ0) is 6.85. The standard InChI is InChI=1S/C6H5Cl2N.BrH/c7-4-2-1-3-5(9)6(4)8;/h1-3H,9H2;1H. The predicted octanol–water partition coefficient (Wildman–Crippen LogP) is 3.15. The van der Waals surface area contributed by atoms with E-state index < -0.39 is 0 Å². The highest BCUT2D eigenvalue weighted by Crippen LogP contribution is 2.26. The molecule has 0 amide bonds. The monoisotopic (exact) mass is 241 g/mol. The first-order valence-electron chi connectivity index (χ1n) is 2.41. The quantitative estimate of drug-likeness (QED) is 0.695. The molecule has 0 aromatic heterocycles. The van der Waals surface area contributed by atoms with Crippen LogP contribution in [0.2, 0.25) is 10.0 Å². The lowest BCUT2D eigenvalue weighted by Gasteiger charge is -1.96. The number of hydrogen-bond acceptors (Lipinski definition) is 1. The number of rotatable bonds is 0. The van der Waals surface area contributed by atoms with Gasteiger partial charge in [-0.15, -0.1) is 17.0 Å². The van der Waals surface area contributed by atoms with E-state index in [0.29, 0.717) is 15.7 Å². The molecular weight excluding hydrogens is 237 g/mol. The van der Waals surface area contributed by atoms with E-state index in [9.17, 15) is 0 Å². The first kappa shape index (κ1) is 10.1. The fraction of sp³-hybridized carbons (Fsp3) is 0. The van der Waals surface area contributed by atoms with Crippen molar-refractivity contribution in [2.45, 2.75) is 0 Å². The van der Waals surface area contributed by atoms with Crippen molar-refractivity contribution >= 4 is 45.9 Å². The Morgan fingerprint density at radius 3 is 2.20 bits per heavy atom. The van der Waals surface area contributed by atoms with Gasteiger partial charge in [-0.05, 0) is 12.1 Å². The molecular formula is C6H6BrCl2N. The Labute approximate surface area is 79.9 Å². The zero-order valence-corrected chi connectivity index (χ0v) is 8.20. The number of benzene rings is 1. The summed E-state index contributed by atoms with van der Waals surface area (Å²) in [6, 6.07) is 5.15. The summed E-state index contributed by atoms with van der Waals surface area (Å²) < 4.78 is 0. The summed E-state index contributed by atoms with van der Waals surface area (Å²) in [5.74, 6) is 0. The maximum atomic E-state index is 5.62. The van der Waals surface area contributed by atoms with Crippen LogP contribution in [-0.4, -0.2) is 0 Å². The summed E-state index contributed by atoms with van der Waals surface area (Å²) >= 11 is 11.2. The molecule has 1 aromatic carbocycles. The third-order valence-corrected chi connectivity index (χ3v) is 1.81. The molecule has 0 aliphatic heterocycles. The zero-order valence-electron chi connectivity index (χ0n) is 4.97. The van der Waals surface area contributed by atoms with E-state index in [2.05, 4.69) is 0 Å². The van der Waals surface area contributed by atoms with Crippen LogP contribution in [0, 0.1) is 0 Å². The van der Waals surface area contributed by atoms with Crippen molar-refractivity contribution in [3.63, 3.8) is 0 Å². The van der Waals surface area contributed by atoms with Gasteiger partial charge >= 0.3 is 0 Å². The molecule has 0 spiro atoms. The largest absolute Gasteiger partial charge is 0.397 e. The number of hydrogen-bond donors (Lipinski definition) is 1. The summed E-state index contributed by atoms with van der Waals surface area (Å²) in [4.78, 5) is 0. The maximum absolute atomic E-state index is 5.62. The van der Waals surface area contributed by atoms with Crippen molar-refractivity contribution in [1.29, 1.82) is 0 Å². The first-order chi connectivity index (χ1) is 4.22. The van der Waals surface area contributed by atoms with Crippen molar-refractivity contribution in [2.75, 3.05) is 5.73 Å². The van der Waals surface area contributed by atoms with E-state index in [1.54, 1.807) is 18.2 Å². The molecule has 2 N–H and O–H groups in total. The van der Waals surface area contributed by atoms with Crippen LogP contribution in [0.25, 0.3) is 0 Å². The Balaban J connectivity index is 0.000000810. The lowest BCUT2D eigenvalue weighted by atomic mass is 10.3. The fourth-order valence-electron chi connectivity index (χ4n) is 0.520. The van der Waals surface area contributed by atoms with Crippen molar-refractivity contribution in [3.05, 3.63) is 28.2 Å². The molecule has 1 rings (SSSR count). The SMILES string of the molecule is Br.Nc1cccc(Cl)c1Cl. The van der Waals surface area contributed by atoms with Crippen LogP contribution in [0.5, 0.6) is 0 Å². The Morgan fingerprint density at radius 2 is 1.80 bits per heavy atom. The van der Waals surface area contributed by atoms with E-state index in [0.717, 1.165) is 0 Å². The minimum absolute atomic E-state index is 0. The summed E-state index contributed by atoms with van der Waals surface area (Å²) in [6.45, 7) is 0. The molecule has 0 atom stereocenters. The molecule has 0 aliphatic carbocycles. The Bertz CT molecular complexity index is 207. The molecule has 56 valence electrons. The van der Waals surface area contributed by atoms with Gasteiger partial charge in [0, 0.05) is 0 Å². The molecule has 0 heterocycles. The third kappa shape index (κ3) is 2.04. The molecule has 1 nitrogen and oxygen atoms in total. The average molecular weight is 243 g/mol. The molecule has 0 fully saturated rings. The van der Waals surface area contributed by atoms with Crippen molar-refractivity contribution in [3.8, 4) is 0 Å². The number of halogens is 3. The first-order valence-corrected chi connectivity index (χ1v) is 3.17. The van der Waals surface area contributed by atoms with Crippen LogP contribution in [0.1, 0.15) is 0 Å². The molecule has 0 unspecified atom stereocenters. The summed E-state index contributed by atoms with van der Waals surface area (Å²) in [5.41, 5.74) is 5.92. The minimum Gasteiger partial charge on any atom is -0.397 e. The number of nitrogen functional groups attached to an aromatic ring is 1. The summed E-state index contributed by atoms with van der Waals surface area (Å²) in [7, 11) is 0. The topological polar surface area (TPSA) is 26.0 Å². The fourth-order valence-corrected chi connectivity index (χ4v) is 0.828. The summed E-state index contributed by atoms with van der Waals surface area (Å²) in [6.07, 6.45) is 0. The van der Waals surface area contributed by atoms with Gasteiger partial charge in [0.25, 0.3) is 0 Å². The van der Waals surface area contributed by atoms with E-state index in [1.165, 1.54) is 0 Å². The smallest absolute Gasteiger partial charge is 0.0821 e. The molecule has 0 radical (unpaired) electrons. The number of anilines is 1. The molecule has 0 saturated heterocycles. The highest BCUT2D eigenvalue weighted by Gasteiger charge is 1.97. The van der Waals surface area contributed by atoms with Gasteiger partial charge in [-0.25, -0.2) is 0 Å². The third-order valence-electron chi connectivity index (χ3n) is 0.981. The second-order valence-electron chi connectivity index (χ2n) is 1.64. The van der Waals surface area contributed by atoms with E-state index >= 15 is 0 Å². The van der Waals surface area contributed by atoms with Gasteiger partial charge in [0.1, 0.15) is 0 Å². The van der Waals surface area contributed by atoms with Crippen LogP contribution in [0.15, 0.2) is 18.2 Å². The Kier molecular flexibility index (Phi) is 4.09. The van der Waals surface area contributed by atoms with Crippen molar-refractivity contribution in [2.24, 2.45) is 0 Å². The molecule has 1 aromatic rings. The van der Waals surface area contributed by atoms with Crippen molar-refractivity contribution < 1.29 is 0 Å². The minimum atomic E-state index is 0. The van der Waals surface area contributed by atoms with E-state index in [4.69, 9.17) is 28.9 Å². The predicted molar refractivity (Wildman–Crippen MR) is 51.2 cm³/mol. The summed E-state index contributed by atoms with van der Waals surface area (Å²) in [5, 5.41) is 0.927. The van der Waals surface area contributed by atoms with E-state index in [-0.39, 0.29) is 17.0 Å². The molecule has 4 heteroatoms. The second-order valence-corrected chi connectivity index (χ2v) is 2.43. The van der Waals surface area contributed by atoms with Gasteiger partial charge in [0.15, 0.2) is 0 Å². The van der Waals surface area contributed by atoms with Crippen LogP contribution in [0.4, 0.5) is 5.69 Å². The maximum Gasteiger partial charge on any atom is 0.0821 e. The molecule has 10 heavy (non-hydrogen) atoms. The van der Waals surface area contributed by atoms with Crippen LogP contribution >= 0.6 is 40.2 Å². The van der Waals surface area contributed by atoms with Crippen LogP contribution in [-0.2, 0) is 0 Å². The molecule has 0 aliphatic rings. The van der Waals surface area contributed by atoms with Crippen molar-refractivity contribution in [1.82, 2.24) is 0 Å². The second kappa shape index (κ2) is 4.06. The van der Waals surface area contributed by atoms with Gasteiger partial charge in [0.2, 0.25) is 0 Å². The van der Waals surface area contributed by atoms with Gasteiger partial charge in [0.05, 0.1) is 15.7 Å². The van der Waals surface area contributed by atoms with Gasteiger partial charge in [-0.2, -0.15) is 0 Å². The normalized spacial score (nSPS) is 8.60. The highest BCUT2D eigenvalue weighted by molar-refractivity contribution is 8.93. The Hall–Kier alpha value is 0.0800. The number of nitrogens with two attached hydrogens (primary N) is 1.